The van der Waals surface area contributed by atoms with Crippen molar-refractivity contribution in [2.24, 2.45) is 0 Å². The van der Waals surface area contributed by atoms with E-state index < -0.39 is 0 Å². The van der Waals surface area contributed by atoms with Crippen molar-refractivity contribution in [3.05, 3.63) is 36.0 Å². The Morgan fingerprint density at radius 2 is 2.29 bits per heavy atom. The number of halogens is 1. The fourth-order valence-electron chi connectivity index (χ4n) is 1.15. The van der Waals surface area contributed by atoms with Crippen LogP contribution in [0, 0.1) is 6.92 Å². The zero-order valence-corrected chi connectivity index (χ0v) is 8.44. The highest BCUT2D eigenvalue weighted by Gasteiger charge is 2.05. The molecule has 2 aromatic rings. The lowest BCUT2D eigenvalue weighted by atomic mass is 10.3. The fraction of sp³-hybridized carbons (Fsp3) is 0.222. The van der Waals surface area contributed by atoms with Crippen molar-refractivity contribution in [3.63, 3.8) is 0 Å². The Morgan fingerprint density at radius 1 is 1.43 bits per heavy atom. The maximum Gasteiger partial charge on any atom is 0.171 e. The van der Waals surface area contributed by atoms with Gasteiger partial charge in [-0.15, -0.1) is 11.6 Å². The molecule has 0 saturated carbocycles. The van der Waals surface area contributed by atoms with Crippen LogP contribution in [0.2, 0.25) is 0 Å². The Morgan fingerprint density at radius 3 is 2.86 bits per heavy atom. The number of aryl methyl sites for hydroxylation is 1. The number of rotatable bonds is 2. The minimum absolute atomic E-state index is 0.464. The van der Waals surface area contributed by atoms with E-state index in [0.717, 1.165) is 11.3 Å². The quantitative estimate of drug-likeness (QED) is 0.706. The van der Waals surface area contributed by atoms with Gasteiger partial charge in [-0.1, -0.05) is 0 Å². The lowest BCUT2D eigenvalue weighted by molar-refractivity contribution is 0.824. The van der Waals surface area contributed by atoms with Gasteiger partial charge in [-0.05, 0) is 6.92 Å². The molecule has 0 aromatic carbocycles. The van der Waals surface area contributed by atoms with Gasteiger partial charge in [0.15, 0.2) is 5.82 Å². The molecule has 14 heavy (non-hydrogen) atoms. The molecule has 0 bridgehead atoms. The van der Waals surface area contributed by atoms with Crippen LogP contribution >= 0.6 is 11.6 Å². The molecule has 0 saturated heterocycles. The summed E-state index contributed by atoms with van der Waals surface area (Å²) in [5, 5.41) is 4.28. The third kappa shape index (κ3) is 1.61. The zero-order valence-electron chi connectivity index (χ0n) is 7.68. The summed E-state index contributed by atoms with van der Waals surface area (Å²) in [6.07, 6.45) is 6.78. The third-order valence-electron chi connectivity index (χ3n) is 1.93. The molecule has 5 heteroatoms. The second-order valence-electron chi connectivity index (χ2n) is 2.88. The summed E-state index contributed by atoms with van der Waals surface area (Å²) in [4.78, 5) is 8.10. The minimum Gasteiger partial charge on any atom is -0.259 e. The standard InChI is InChI=1S/C9H9ClN4/c1-7-8(4-10)6-14(13-7)9-5-11-2-3-12-9/h2-3,5-6H,4H2,1H3. The number of nitrogens with zero attached hydrogens (tertiary/aromatic N) is 4. The number of hydrogen-bond donors (Lipinski definition) is 0. The molecule has 0 spiro atoms. The Labute approximate surface area is 86.6 Å². The van der Waals surface area contributed by atoms with Crippen LogP contribution in [0.5, 0.6) is 0 Å². The Kier molecular flexibility index (Phi) is 2.45. The molecule has 2 heterocycles. The van der Waals surface area contributed by atoms with Crippen LogP contribution in [0.1, 0.15) is 11.3 Å². The molecular weight excluding hydrogens is 200 g/mol. The molecule has 0 radical (unpaired) electrons. The van der Waals surface area contributed by atoms with E-state index in [1.807, 2.05) is 13.1 Å². The summed E-state index contributed by atoms with van der Waals surface area (Å²) in [5.41, 5.74) is 1.93. The highest BCUT2D eigenvalue weighted by atomic mass is 35.5. The predicted molar refractivity (Wildman–Crippen MR) is 53.4 cm³/mol. The van der Waals surface area contributed by atoms with Crippen molar-refractivity contribution in [3.8, 4) is 5.82 Å². The molecule has 2 rings (SSSR count). The van der Waals surface area contributed by atoms with Crippen molar-refractivity contribution < 1.29 is 0 Å². The zero-order chi connectivity index (χ0) is 9.97. The molecule has 0 aliphatic rings. The van der Waals surface area contributed by atoms with E-state index in [-0.39, 0.29) is 0 Å². The van der Waals surface area contributed by atoms with Gasteiger partial charge in [0.25, 0.3) is 0 Å². The smallest absolute Gasteiger partial charge is 0.171 e. The summed E-state index contributed by atoms with van der Waals surface area (Å²) < 4.78 is 1.68. The fourth-order valence-corrected chi connectivity index (χ4v) is 1.42. The predicted octanol–water partition coefficient (Wildman–Crippen LogP) is 1.71. The molecule has 2 aromatic heterocycles. The first kappa shape index (κ1) is 9.15. The van der Waals surface area contributed by atoms with Crippen LogP contribution < -0.4 is 0 Å². The Hall–Kier alpha value is -1.42. The average Bonchev–Trinajstić information content (AvgIpc) is 2.61. The summed E-state index contributed by atoms with van der Waals surface area (Å²) in [6, 6.07) is 0. The van der Waals surface area contributed by atoms with Crippen LogP contribution in [-0.2, 0) is 5.88 Å². The van der Waals surface area contributed by atoms with Crippen molar-refractivity contribution in [1.82, 2.24) is 19.7 Å². The van der Waals surface area contributed by atoms with Gasteiger partial charge in [0.2, 0.25) is 0 Å². The van der Waals surface area contributed by atoms with Crippen LogP contribution in [0.25, 0.3) is 5.82 Å². The van der Waals surface area contributed by atoms with E-state index in [0.29, 0.717) is 11.7 Å². The summed E-state index contributed by atoms with van der Waals surface area (Å²) in [6.45, 7) is 1.92. The van der Waals surface area contributed by atoms with Gasteiger partial charge in [0, 0.05) is 24.2 Å². The van der Waals surface area contributed by atoms with Crippen molar-refractivity contribution in [2.45, 2.75) is 12.8 Å². The number of aromatic nitrogens is 4. The van der Waals surface area contributed by atoms with Crippen LogP contribution in [0.3, 0.4) is 0 Å². The van der Waals surface area contributed by atoms with Gasteiger partial charge in [0.05, 0.1) is 17.8 Å². The van der Waals surface area contributed by atoms with Crippen LogP contribution in [0.4, 0.5) is 0 Å². The first-order valence-electron chi connectivity index (χ1n) is 4.19. The highest BCUT2D eigenvalue weighted by molar-refractivity contribution is 6.17. The van der Waals surface area contributed by atoms with E-state index in [4.69, 9.17) is 11.6 Å². The van der Waals surface area contributed by atoms with Gasteiger partial charge >= 0.3 is 0 Å². The molecule has 0 unspecified atom stereocenters. The van der Waals surface area contributed by atoms with Gasteiger partial charge in [-0.3, -0.25) is 4.98 Å². The molecule has 0 aliphatic heterocycles. The number of alkyl halides is 1. The average molecular weight is 209 g/mol. The largest absolute Gasteiger partial charge is 0.259 e. The van der Waals surface area contributed by atoms with Crippen LogP contribution in [-0.4, -0.2) is 19.7 Å². The Balaban J connectivity index is 2.43. The molecule has 0 atom stereocenters. The molecule has 4 nitrogen and oxygen atoms in total. The van der Waals surface area contributed by atoms with E-state index in [2.05, 4.69) is 15.1 Å². The second kappa shape index (κ2) is 3.75. The maximum atomic E-state index is 5.74. The van der Waals surface area contributed by atoms with E-state index in [1.165, 1.54) is 0 Å². The van der Waals surface area contributed by atoms with Gasteiger partial charge in [-0.25, -0.2) is 9.67 Å². The van der Waals surface area contributed by atoms with Gasteiger partial charge in [-0.2, -0.15) is 5.10 Å². The van der Waals surface area contributed by atoms with Gasteiger partial charge < -0.3 is 0 Å². The molecule has 72 valence electrons. The van der Waals surface area contributed by atoms with Gasteiger partial charge in [0.1, 0.15) is 0 Å². The first-order chi connectivity index (χ1) is 6.81. The van der Waals surface area contributed by atoms with Crippen molar-refractivity contribution >= 4 is 11.6 Å². The van der Waals surface area contributed by atoms with Crippen molar-refractivity contribution in [1.29, 1.82) is 0 Å². The van der Waals surface area contributed by atoms with Crippen LogP contribution in [0.15, 0.2) is 24.8 Å². The monoisotopic (exact) mass is 208 g/mol. The van der Waals surface area contributed by atoms with Crippen molar-refractivity contribution in [2.75, 3.05) is 0 Å². The lowest BCUT2D eigenvalue weighted by Crippen LogP contribution is -1.98. The van der Waals surface area contributed by atoms with E-state index in [1.54, 1.807) is 23.3 Å². The minimum atomic E-state index is 0.464. The second-order valence-corrected chi connectivity index (χ2v) is 3.15. The van der Waals surface area contributed by atoms with E-state index in [9.17, 15) is 0 Å². The Bertz CT molecular complexity index is 424. The molecule has 0 amide bonds. The third-order valence-corrected chi connectivity index (χ3v) is 2.22. The van der Waals surface area contributed by atoms with E-state index >= 15 is 0 Å². The SMILES string of the molecule is Cc1nn(-c2cnccn2)cc1CCl. The maximum absolute atomic E-state index is 5.74. The molecule has 0 aliphatic carbocycles. The summed E-state index contributed by atoms with van der Waals surface area (Å²) in [7, 11) is 0. The normalized spacial score (nSPS) is 10.4. The molecule has 0 N–H and O–H groups in total. The number of hydrogen-bond acceptors (Lipinski definition) is 3. The highest BCUT2D eigenvalue weighted by Crippen LogP contribution is 2.11. The topological polar surface area (TPSA) is 43.6 Å². The molecular formula is C9H9ClN4. The molecule has 0 fully saturated rings. The lowest BCUT2D eigenvalue weighted by Gasteiger charge is -1.96. The summed E-state index contributed by atoms with van der Waals surface area (Å²) in [5.74, 6) is 1.17. The summed E-state index contributed by atoms with van der Waals surface area (Å²) >= 11 is 5.74. The first-order valence-corrected chi connectivity index (χ1v) is 4.72.